The van der Waals surface area contributed by atoms with E-state index in [4.69, 9.17) is 0 Å². The molecule has 0 spiro atoms. The summed E-state index contributed by atoms with van der Waals surface area (Å²) < 4.78 is 0. The van der Waals surface area contributed by atoms with Gasteiger partial charge in [-0.15, -0.1) is 0 Å². The van der Waals surface area contributed by atoms with E-state index in [1.165, 1.54) is 0 Å². The van der Waals surface area contributed by atoms with Crippen LogP contribution < -0.4 is 4.90 Å². The molecular formula is C12H18N2O2. The highest BCUT2D eigenvalue weighted by molar-refractivity contribution is 5.42. The number of aromatic nitrogens is 1. The van der Waals surface area contributed by atoms with Crippen molar-refractivity contribution in [2.45, 2.75) is 32.0 Å². The lowest BCUT2D eigenvalue weighted by Crippen LogP contribution is -2.38. The van der Waals surface area contributed by atoms with Crippen molar-refractivity contribution < 1.29 is 10.2 Å². The molecule has 0 radical (unpaired) electrons. The molecule has 0 aliphatic carbocycles. The molecule has 0 amide bonds. The Balaban J connectivity index is 2.16. The molecule has 0 saturated carbocycles. The van der Waals surface area contributed by atoms with Gasteiger partial charge in [-0.25, -0.2) is 4.98 Å². The van der Waals surface area contributed by atoms with Crippen LogP contribution in [-0.2, 0) is 0 Å². The molecule has 4 heteroatoms. The van der Waals surface area contributed by atoms with Crippen molar-refractivity contribution in [2.24, 2.45) is 0 Å². The average Bonchev–Trinajstić information content (AvgIpc) is 2.29. The van der Waals surface area contributed by atoms with Crippen molar-refractivity contribution in [3.63, 3.8) is 0 Å². The van der Waals surface area contributed by atoms with E-state index in [9.17, 15) is 10.2 Å². The smallest absolute Gasteiger partial charge is 0.128 e. The van der Waals surface area contributed by atoms with E-state index in [0.717, 1.165) is 30.8 Å². The maximum atomic E-state index is 9.60. The molecule has 1 aromatic heterocycles. The Hall–Kier alpha value is -1.13. The number of hydrogen-bond acceptors (Lipinski definition) is 4. The topological polar surface area (TPSA) is 56.6 Å². The Morgan fingerprint density at radius 2 is 2.38 bits per heavy atom. The minimum atomic E-state index is -0.475. The average molecular weight is 222 g/mol. The van der Waals surface area contributed by atoms with Gasteiger partial charge in [-0.1, -0.05) is 0 Å². The summed E-state index contributed by atoms with van der Waals surface area (Å²) in [6, 6.07) is 3.71. The Morgan fingerprint density at radius 1 is 1.56 bits per heavy atom. The molecule has 1 aliphatic rings. The number of aliphatic hydroxyl groups is 2. The zero-order valence-electron chi connectivity index (χ0n) is 9.50. The fourth-order valence-corrected chi connectivity index (χ4v) is 2.03. The first-order valence-electron chi connectivity index (χ1n) is 5.74. The molecule has 4 nitrogen and oxygen atoms in total. The van der Waals surface area contributed by atoms with Crippen LogP contribution in [0.1, 0.15) is 31.4 Å². The third-order valence-corrected chi connectivity index (χ3v) is 2.97. The summed E-state index contributed by atoms with van der Waals surface area (Å²) in [5.74, 6) is 0.845. The molecule has 88 valence electrons. The van der Waals surface area contributed by atoms with Crippen LogP contribution in [0.2, 0.25) is 0 Å². The van der Waals surface area contributed by atoms with Gasteiger partial charge < -0.3 is 15.1 Å². The summed E-state index contributed by atoms with van der Waals surface area (Å²) in [6.07, 6.45) is 2.83. The molecule has 1 aliphatic heterocycles. The summed E-state index contributed by atoms with van der Waals surface area (Å²) in [5, 5.41) is 19.1. The van der Waals surface area contributed by atoms with Crippen LogP contribution in [0, 0.1) is 0 Å². The van der Waals surface area contributed by atoms with Crippen molar-refractivity contribution >= 4 is 5.82 Å². The quantitative estimate of drug-likeness (QED) is 0.786. The molecule has 16 heavy (non-hydrogen) atoms. The summed E-state index contributed by atoms with van der Waals surface area (Å²) in [6.45, 7) is 3.30. The number of pyridine rings is 1. The number of hydrogen-bond donors (Lipinski definition) is 2. The Bertz CT molecular complexity index is 355. The molecule has 1 aromatic rings. The highest BCUT2D eigenvalue weighted by atomic mass is 16.3. The first kappa shape index (κ1) is 11.4. The van der Waals surface area contributed by atoms with Crippen molar-refractivity contribution in [1.29, 1.82) is 0 Å². The fraction of sp³-hybridized carbons (Fsp3) is 0.583. The highest BCUT2D eigenvalue weighted by Gasteiger charge is 2.19. The van der Waals surface area contributed by atoms with E-state index in [1.807, 2.05) is 12.1 Å². The molecule has 2 N–H and O–H groups in total. The lowest BCUT2D eigenvalue weighted by molar-refractivity contribution is 0.154. The van der Waals surface area contributed by atoms with Crippen molar-refractivity contribution in [3.05, 3.63) is 23.9 Å². The second kappa shape index (κ2) is 4.80. The summed E-state index contributed by atoms with van der Waals surface area (Å²) in [5.41, 5.74) is 0.866. The van der Waals surface area contributed by atoms with E-state index in [2.05, 4.69) is 9.88 Å². The number of aliphatic hydroxyl groups excluding tert-OH is 2. The van der Waals surface area contributed by atoms with Gasteiger partial charge >= 0.3 is 0 Å². The normalized spacial score (nSPS) is 23.2. The van der Waals surface area contributed by atoms with Crippen molar-refractivity contribution in [1.82, 2.24) is 4.98 Å². The third-order valence-electron chi connectivity index (χ3n) is 2.97. The van der Waals surface area contributed by atoms with Gasteiger partial charge in [-0.05, 0) is 37.5 Å². The van der Waals surface area contributed by atoms with Crippen LogP contribution in [0.5, 0.6) is 0 Å². The molecule has 2 heterocycles. The zero-order valence-corrected chi connectivity index (χ0v) is 9.50. The second-order valence-electron chi connectivity index (χ2n) is 4.37. The summed E-state index contributed by atoms with van der Waals surface area (Å²) >= 11 is 0. The summed E-state index contributed by atoms with van der Waals surface area (Å²) in [7, 11) is 0. The van der Waals surface area contributed by atoms with Gasteiger partial charge in [0.15, 0.2) is 0 Å². The Morgan fingerprint density at radius 3 is 3.06 bits per heavy atom. The fourth-order valence-electron chi connectivity index (χ4n) is 2.03. The molecule has 2 atom stereocenters. The zero-order chi connectivity index (χ0) is 11.5. The maximum absolute atomic E-state index is 9.60. The minimum Gasteiger partial charge on any atom is -0.391 e. The van der Waals surface area contributed by atoms with Gasteiger partial charge in [-0.3, -0.25) is 0 Å². The predicted molar refractivity (Wildman–Crippen MR) is 62.3 cm³/mol. The number of piperidine rings is 1. The van der Waals surface area contributed by atoms with Crippen molar-refractivity contribution in [2.75, 3.05) is 18.0 Å². The van der Waals surface area contributed by atoms with E-state index in [0.29, 0.717) is 6.54 Å². The number of anilines is 1. The largest absolute Gasteiger partial charge is 0.391 e. The van der Waals surface area contributed by atoms with E-state index >= 15 is 0 Å². The first-order chi connectivity index (χ1) is 7.66. The lowest BCUT2D eigenvalue weighted by Gasteiger charge is -2.31. The predicted octanol–water partition coefficient (Wildman–Crippen LogP) is 1.10. The Labute approximate surface area is 95.5 Å². The lowest BCUT2D eigenvalue weighted by atomic mass is 10.1. The Kier molecular flexibility index (Phi) is 3.41. The highest BCUT2D eigenvalue weighted by Crippen LogP contribution is 2.21. The van der Waals surface area contributed by atoms with Gasteiger partial charge in [-0.2, -0.15) is 0 Å². The first-order valence-corrected chi connectivity index (χ1v) is 5.74. The molecule has 1 unspecified atom stereocenters. The number of rotatable bonds is 2. The molecule has 1 saturated heterocycles. The molecule has 2 rings (SSSR count). The van der Waals surface area contributed by atoms with Crippen LogP contribution in [-0.4, -0.2) is 34.4 Å². The monoisotopic (exact) mass is 222 g/mol. The molecule has 0 aromatic carbocycles. The van der Waals surface area contributed by atoms with Crippen LogP contribution >= 0.6 is 0 Å². The SMILES string of the molecule is C[C@H](O)c1ccnc(N2CCCC(O)C2)c1. The van der Waals surface area contributed by atoms with E-state index in [-0.39, 0.29) is 6.10 Å². The van der Waals surface area contributed by atoms with Crippen LogP contribution in [0.15, 0.2) is 18.3 Å². The van der Waals surface area contributed by atoms with Crippen LogP contribution in [0.4, 0.5) is 5.82 Å². The maximum Gasteiger partial charge on any atom is 0.128 e. The third kappa shape index (κ3) is 2.51. The summed E-state index contributed by atoms with van der Waals surface area (Å²) in [4.78, 5) is 6.35. The van der Waals surface area contributed by atoms with E-state index in [1.54, 1.807) is 13.1 Å². The standard InChI is InChI=1S/C12H18N2O2/c1-9(15)10-4-5-13-12(7-10)14-6-2-3-11(16)8-14/h4-5,7,9,11,15-16H,2-3,6,8H2,1H3/t9-,11?/m0/s1. The second-order valence-corrected chi connectivity index (χ2v) is 4.37. The van der Waals surface area contributed by atoms with Gasteiger partial charge in [0.25, 0.3) is 0 Å². The van der Waals surface area contributed by atoms with Gasteiger partial charge in [0.05, 0.1) is 12.2 Å². The van der Waals surface area contributed by atoms with Crippen LogP contribution in [0.3, 0.4) is 0 Å². The molecular weight excluding hydrogens is 204 g/mol. The molecule has 1 fully saturated rings. The van der Waals surface area contributed by atoms with Gasteiger partial charge in [0.1, 0.15) is 5.82 Å². The molecule has 0 bridgehead atoms. The van der Waals surface area contributed by atoms with Gasteiger partial charge in [0, 0.05) is 19.3 Å². The minimum absolute atomic E-state index is 0.259. The van der Waals surface area contributed by atoms with Crippen molar-refractivity contribution in [3.8, 4) is 0 Å². The van der Waals surface area contributed by atoms with E-state index < -0.39 is 6.10 Å². The van der Waals surface area contributed by atoms with Gasteiger partial charge in [0.2, 0.25) is 0 Å². The number of nitrogens with zero attached hydrogens (tertiary/aromatic N) is 2. The number of β-amino-alcohol motifs (C(OH)–C–C–N with tert-alkyl or cyclic N) is 1. The van der Waals surface area contributed by atoms with Crippen LogP contribution in [0.25, 0.3) is 0 Å².